The Kier molecular flexibility index (Phi) is 5.59. The van der Waals surface area contributed by atoms with Gasteiger partial charge < -0.3 is 0 Å². The fourth-order valence-electron chi connectivity index (χ4n) is 2.23. The molecule has 0 saturated heterocycles. The van der Waals surface area contributed by atoms with Gasteiger partial charge in [0, 0.05) is 22.6 Å². The van der Waals surface area contributed by atoms with Crippen molar-refractivity contribution in [1.82, 2.24) is 4.98 Å². The maximum absolute atomic E-state index is 4.44. The van der Waals surface area contributed by atoms with Gasteiger partial charge in [-0.05, 0) is 37.0 Å². The topological polar surface area (TPSA) is 12.9 Å². The first-order valence-electron chi connectivity index (χ1n) is 6.86. The fraction of sp³-hybridized carbons (Fsp3) is 0.353. The number of hydrogen-bond acceptors (Lipinski definition) is 1. The van der Waals surface area contributed by atoms with Gasteiger partial charge in [-0.3, -0.25) is 4.98 Å². The summed E-state index contributed by atoms with van der Waals surface area (Å²) in [6, 6.07) is 16.8. The molecule has 1 nitrogen and oxygen atoms in total. The summed E-state index contributed by atoms with van der Waals surface area (Å²) in [6.07, 6.45) is 5.40. The zero-order valence-electron chi connectivity index (χ0n) is 11.3. The van der Waals surface area contributed by atoms with E-state index in [0.717, 1.165) is 6.42 Å². The zero-order valence-corrected chi connectivity index (χ0v) is 12.9. The number of pyridine rings is 1. The molecule has 2 heteroatoms. The van der Waals surface area contributed by atoms with E-state index in [2.05, 4.69) is 70.3 Å². The van der Waals surface area contributed by atoms with Gasteiger partial charge in [-0.1, -0.05) is 59.3 Å². The number of nitrogens with zero attached hydrogens (tertiary/aromatic N) is 1. The van der Waals surface area contributed by atoms with E-state index < -0.39 is 0 Å². The second-order valence-electron chi connectivity index (χ2n) is 4.94. The van der Waals surface area contributed by atoms with Gasteiger partial charge in [0.2, 0.25) is 0 Å². The Balaban J connectivity index is 1.80. The molecule has 0 N–H and O–H groups in total. The van der Waals surface area contributed by atoms with Crippen molar-refractivity contribution in [3.05, 3.63) is 66.0 Å². The molecule has 0 amide bonds. The van der Waals surface area contributed by atoms with Gasteiger partial charge in [0.15, 0.2) is 0 Å². The van der Waals surface area contributed by atoms with E-state index >= 15 is 0 Å². The standard InChI is InChI=1S/C17H20BrN/c1-14(17-12-5-6-13-19-17)16(18)11-7-10-15-8-3-2-4-9-15/h2-6,8-9,12-14,16H,7,10-11H2,1H3. The van der Waals surface area contributed by atoms with Crippen LogP contribution < -0.4 is 0 Å². The number of alkyl halides is 1. The molecule has 100 valence electrons. The number of rotatable bonds is 6. The molecule has 0 radical (unpaired) electrons. The van der Waals surface area contributed by atoms with Crippen molar-refractivity contribution in [2.75, 3.05) is 0 Å². The maximum atomic E-state index is 4.44. The SMILES string of the molecule is CC(c1ccccn1)C(Br)CCCc1ccccc1. The van der Waals surface area contributed by atoms with Gasteiger partial charge in [0.1, 0.15) is 0 Å². The van der Waals surface area contributed by atoms with E-state index in [-0.39, 0.29) is 0 Å². The van der Waals surface area contributed by atoms with E-state index in [1.54, 1.807) is 0 Å². The van der Waals surface area contributed by atoms with Crippen molar-refractivity contribution >= 4 is 15.9 Å². The molecule has 2 rings (SSSR count). The third-order valence-electron chi connectivity index (χ3n) is 3.49. The molecule has 0 aliphatic rings. The van der Waals surface area contributed by atoms with Crippen molar-refractivity contribution in [3.63, 3.8) is 0 Å². The maximum Gasteiger partial charge on any atom is 0.0442 e. The zero-order chi connectivity index (χ0) is 13.5. The first-order valence-corrected chi connectivity index (χ1v) is 7.78. The molecule has 19 heavy (non-hydrogen) atoms. The highest BCUT2D eigenvalue weighted by molar-refractivity contribution is 9.09. The minimum atomic E-state index is 0.456. The molecule has 1 aromatic carbocycles. The van der Waals surface area contributed by atoms with Crippen LogP contribution in [0.1, 0.15) is 36.9 Å². The van der Waals surface area contributed by atoms with Gasteiger partial charge in [-0.25, -0.2) is 0 Å². The Bertz CT molecular complexity index is 469. The lowest BCUT2D eigenvalue weighted by molar-refractivity contribution is 0.617. The molecule has 2 unspecified atom stereocenters. The number of aryl methyl sites for hydroxylation is 1. The monoisotopic (exact) mass is 317 g/mol. The number of benzene rings is 1. The second kappa shape index (κ2) is 7.44. The smallest absolute Gasteiger partial charge is 0.0442 e. The van der Waals surface area contributed by atoms with Crippen LogP contribution in [0, 0.1) is 0 Å². The van der Waals surface area contributed by atoms with E-state index in [1.807, 2.05) is 12.3 Å². The van der Waals surface area contributed by atoms with Gasteiger partial charge in [0.25, 0.3) is 0 Å². The summed E-state index contributed by atoms with van der Waals surface area (Å²) < 4.78 is 0. The van der Waals surface area contributed by atoms with Crippen molar-refractivity contribution in [1.29, 1.82) is 0 Å². The molecule has 0 bridgehead atoms. The molecule has 0 aliphatic carbocycles. The van der Waals surface area contributed by atoms with Crippen molar-refractivity contribution in [2.24, 2.45) is 0 Å². The van der Waals surface area contributed by atoms with Crippen LogP contribution in [0.4, 0.5) is 0 Å². The Labute approximate surface area is 124 Å². The molecule has 0 fully saturated rings. The van der Waals surface area contributed by atoms with Gasteiger partial charge in [0.05, 0.1) is 0 Å². The average molecular weight is 318 g/mol. The third-order valence-corrected chi connectivity index (χ3v) is 4.74. The summed E-state index contributed by atoms with van der Waals surface area (Å²) >= 11 is 3.81. The quantitative estimate of drug-likeness (QED) is 0.685. The molecular weight excluding hydrogens is 298 g/mol. The van der Waals surface area contributed by atoms with E-state index in [9.17, 15) is 0 Å². The molecule has 1 heterocycles. The molecule has 2 aromatic rings. The Morgan fingerprint density at radius 2 is 1.79 bits per heavy atom. The second-order valence-corrected chi connectivity index (χ2v) is 6.11. The van der Waals surface area contributed by atoms with Crippen molar-refractivity contribution in [2.45, 2.75) is 36.9 Å². The highest BCUT2D eigenvalue weighted by atomic mass is 79.9. The molecule has 0 aliphatic heterocycles. The lowest BCUT2D eigenvalue weighted by Crippen LogP contribution is -2.10. The minimum Gasteiger partial charge on any atom is -0.261 e. The molecule has 2 atom stereocenters. The van der Waals surface area contributed by atoms with Crippen LogP contribution in [0.15, 0.2) is 54.7 Å². The van der Waals surface area contributed by atoms with Crippen LogP contribution in [0.5, 0.6) is 0 Å². The summed E-state index contributed by atoms with van der Waals surface area (Å²) in [5.41, 5.74) is 2.59. The van der Waals surface area contributed by atoms with Crippen LogP contribution in [0.3, 0.4) is 0 Å². The Morgan fingerprint density at radius 1 is 1.05 bits per heavy atom. The van der Waals surface area contributed by atoms with Crippen LogP contribution in [0.25, 0.3) is 0 Å². The summed E-state index contributed by atoms with van der Waals surface area (Å²) in [6.45, 7) is 2.24. The van der Waals surface area contributed by atoms with Crippen molar-refractivity contribution in [3.8, 4) is 0 Å². The first-order chi connectivity index (χ1) is 9.27. The summed E-state index contributed by atoms with van der Waals surface area (Å²) in [5.74, 6) is 0.456. The molecular formula is C17H20BrN. The van der Waals surface area contributed by atoms with Crippen LogP contribution in [-0.2, 0) is 6.42 Å². The number of hydrogen-bond donors (Lipinski definition) is 0. The van der Waals surface area contributed by atoms with Crippen molar-refractivity contribution < 1.29 is 0 Å². The van der Waals surface area contributed by atoms with Crippen LogP contribution >= 0.6 is 15.9 Å². The van der Waals surface area contributed by atoms with Crippen LogP contribution in [0.2, 0.25) is 0 Å². The summed E-state index contributed by atoms with van der Waals surface area (Å²) in [7, 11) is 0. The van der Waals surface area contributed by atoms with Crippen LogP contribution in [-0.4, -0.2) is 9.81 Å². The molecule has 0 saturated carbocycles. The highest BCUT2D eigenvalue weighted by Gasteiger charge is 2.16. The number of halogens is 1. The van der Waals surface area contributed by atoms with Gasteiger partial charge in [-0.2, -0.15) is 0 Å². The lowest BCUT2D eigenvalue weighted by Gasteiger charge is -2.17. The predicted molar refractivity (Wildman–Crippen MR) is 84.7 cm³/mol. The highest BCUT2D eigenvalue weighted by Crippen LogP contribution is 2.26. The predicted octanol–water partition coefficient (Wildman–Crippen LogP) is 4.97. The third kappa shape index (κ3) is 4.46. The van der Waals surface area contributed by atoms with Gasteiger partial charge >= 0.3 is 0 Å². The first kappa shape index (κ1) is 14.3. The minimum absolute atomic E-state index is 0.456. The average Bonchev–Trinajstić information content (AvgIpc) is 2.48. The Hall–Kier alpha value is -1.15. The summed E-state index contributed by atoms with van der Waals surface area (Å²) in [5, 5.41) is 0. The Morgan fingerprint density at radius 3 is 2.47 bits per heavy atom. The largest absolute Gasteiger partial charge is 0.261 e. The molecule has 0 spiro atoms. The van der Waals surface area contributed by atoms with E-state index in [4.69, 9.17) is 0 Å². The van der Waals surface area contributed by atoms with E-state index in [0.29, 0.717) is 10.7 Å². The van der Waals surface area contributed by atoms with Gasteiger partial charge in [-0.15, -0.1) is 0 Å². The molecule has 1 aromatic heterocycles. The number of aromatic nitrogens is 1. The normalized spacial score (nSPS) is 14.0. The van der Waals surface area contributed by atoms with E-state index in [1.165, 1.54) is 24.1 Å². The summed E-state index contributed by atoms with van der Waals surface area (Å²) in [4.78, 5) is 4.93. The fourth-order valence-corrected chi connectivity index (χ4v) is 2.82. The lowest BCUT2D eigenvalue weighted by atomic mass is 9.98.